The van der Waals surface area contributed by atoms with E-state index in [9.17, 15) is 4.79 Å². The Labute approximate surface area is 78.5 Å². The number of nitrogens with one attached hydrogen (secondary N) is 1. The summed E-state index contributed by atoms with van der Waals surface area (Å²) in [6.07, 6.45) is 2.41. The highest BCUT2D eigenvalue weighted by molar-refractivity contribution is 5.81. The summed E-state index contributed by atoms with van der Waals surface area (Å²) in [7, 11) is 1.75. The van der Waals surface area contributed by atoms with E-state index in [4.69, 9.17) is 5.26 Å². The van der Waals surface area contributed by atoms with Gasteiger partial charge in [0.05, 0.1) is 18.5 Å². The second-order valence-electron chi connectivity index (χ2n) is 3.32. The van der Waals surface area contributed by atoms with Crippen LogP contribution in [-0.4, -0.2) is 37.0 Å². The number of carbonyl (C=O) groups is 1. The molecule has 1 atom stereocenters. The van der Waals surface area contributed by atoms with Gasteiger partial charge in [-0.25, -0.2) is 0 Å². The maximum absolute atomic E-state index is 11.6. The van der Waals surface area contributed by atoms with Crippen LogP contribution >= 0.6 is 0 Å². The van der Waals surface area contributed by atoms with Gasteiger partial charge in [0.15, 0.2) is 0 Å². The molecule has 1 aliphatic heterocycles. The van der Waals surface area contributed by atoms with Crippen molar-refractivity contribution in [1.82, 2.24) is 10.2 Å². The summed E-state index contributed by atoms with van der Waals surface area (Å²) in [5, 5.41) is 11.5. The van der Waals surface area contributed by atoms with Crippen LogP contribution in [0.3, 0.4) is 0 Å². The Morgan fingerprint density at radius 1 is 1.77 bits per heavy atom. The Balaban J connectivity index is 2.33. The van der Waals surface area contributed by atoms with E-state index in [0.29, 0.717) is 13.0 Å². The fraction of sp³-hybridized carbons (Fsp3) is 0.778. The van der Waals surface area contributed by atoms with Crippen molar-refractivity contribution >= 4 is 5.91 Å². The third-order valence-electron chi connectivity index (χ3n) is 2.29. The molecule has 1 aliphatic rings. The summed E-state index contributed by atoms with van der Waals surface area (Å²) >= 11 is 0. The standard InChI is InChI=1S/C9H15N3O/c1-12(7-3-5-10)9(13)8-4-2-6-11-8/h8,11H,2-4,6-7H2,1H3. The van der Waals surface area contributed by atoms with Crippen molar-refractivity contribution in [2.75, 3.05) is 20.1 Å². The Bertz CT molecular complexity index is 215. The first kappa shape index (κ1) is 10.0. The molecule has 1 fully saturated rings. The minimum Gasteiger partial charge on any atom is -0.343 e. The van der Waals surface area contributed by atoms with Gasteiger partial charge < -0.3 is 10.2 Å². The lowest BCUT2D eigenvalue weighted by Gasteiger charge is -2.19. The number of amides is 1. The van der Waals surface area contributed by atoms with Crippen molar-refractivity contribution in [3.8, 4) is 6.07 Å². The molecule has 0 aromatic carbocycles. The topological polar surface area (TPSA) is 56.1 Å². The Morgan fingerprint density at radius 3 is 3.08 bits per heavy atom. The van der Waals surface area contributed by atoms with Crippen LogP contribution in [0.2, 0.25) is 0 Å². The molecule has 0 spiro atoms. The van der Waals surface area contributed by atoms with E-state index in [0.717, 1.165) is 19.4 Å². The van der Waals surface area contributed by atoms with Crippen molar-refractivity contribution in [2.24, 2.45) is 0 Å². The molecule has 13 heavy (non-hydrogen) atoms. The molecule has 0 saturated carbocycles. The second kappa shape index (κ2) is 4.83. The molecule has 1 heterocycles. The smallest absolute Gasteiger partial charge is 0.239 e. The molecule has 1 unspecified atom stereocenters. The summed E-state index contributed by atoms with van der Waals surface area (Å²) in [6.45, 7) is 1.47. The molecule has 72 valence electrons. The van der Waals surface area contributed by atoms with Crippen LogP contribution < -0.4 is 5.32 Å². The lowest BCUT2D eigenvalue weighted by Crippen LogP contribution is -2.41. The first-order chi connectivity index (χ1) is 6.25. The van der Waals surface area contributed by atoms with E-state index in [1.165, 1.54) is 0 Å². The van der Waals surface area contributed by atoms with Gasteiger partial charge in [0, 0.05) is 13.6 Å². The van der Waals surface area contributed by atoms with Gasteiger partial charge in [-0.05, 0) is 19.4 Å². The van der Waals surface area contributed by atoms with Crippen LogP contribution in [0.5, 0.6) is 0 Å². The summed E-state index contributed by atoms with van der Waals surface area (Å²) in [5.41, 5.74) is 0. The van der Waals surface area contributed by atoms with E-state index in [1.54, 1.807) is 11.9 Å². The SMILES string of the molecule is CN(CCC#N)C(=O)C1CCCN1. The quantitative estimate of drug-likeness (QED) is 0.672. The van der Waals surface area contributed by atoms with Gasteiger partial charge in [-0.3, -0.25) is 4.79 Å². The zero-order valence-corrected chi connectivity index (χ0v) is 7.92. The zero-order chi connectivity index (χ0) is 9.68. The number of hydrogen-bond acceptors (Lipinski definition) is 3. The summed E-state index contributed by atoms with van der Waals surface area (Å²) in [5.74, 6) is 0.118. The van der Waals surface area contributed by atoms with Gasteiger partial charge in [-0.15, -0.1) is 0 Å². The summed E-state index contributed by atoms with van der Waals surface area (Å²) in [6, 6.07) is 2.02. The minimum atomic E-state index is -0.0105. The lowest BCUT2D eigenvalue weighted by atomic mass is 10.2. The number of nitriles is 1. The average Bonchev–Trinajstić information content (AvgIpc) is 2.65. The first-order valence-electron chi connectivity index (χ1n) is 4.61. The van der Waals surface area contributed by atoms with Crippen molar-refractivity contribution in [1.29, 1.82) is 5.26 Å². The molecular weight excluding hydrogens is 166 g/mol. The van der Waals surface area contributed by atoms with Crippen LogP contribution in [0.4, 0.5) is 0 Å². The van der Waals surface area contributed by atoms with Crippen LogP contribution in [0, 0.1) is 11.3 Å². The molecule has 0 bridgehead atoms. The number of likely N-dealkylation sites (N-methyl/N-ethyl adjacent to an activating group) is 1. The summed E-state index contributed by atoms with van der Waals surface area (Å²) in [4.78, 5) is 13.2. The van der Waals surface area contributed by atoms with E-state index in [1.807, 2.05) is 6.07 Å². The van der Waals surface area contributed by atoms with Crippen LogP contribution in [-0.2, 0) is 4.79 Å². The minimum absolute atomic E-state index is 0.0105. The predicted molar refractivity (Wildman–Crippen MR) is 48.9 cm³/mol. The average molecular weight is 181 g/mol. The molecule has 1 N–H and O–H groups in total. The van der Waals surface area contributed by atoms with Gasteiger partial charge in [0.1, 0.15) is 0 Å². The Morgan fingerprint density at radius 2 is 2.54 bits per heavy atom. The number of hydrogen-bond donors (Lipinski definition) is 1. The van der Waals surface area contributed by atoms with Gasteiger partial charge in [0.2, 0.25) is 5.91 Å². The zero-order valence-electron chi connectivity index (χ0n) is 7.92. The molecule has 1 rings (SSSR count). The fourth-order valence-electron chi connectivity index (χ4n) is 1.49. The van der Waals surface area contributed by atoms with E-state index >= 15 is 0 Å². The van der Waals surface area contributed by atoms with Crippen LogP contribution in [0.1, 0.15) is 19.3 Å². The third-order valence-corrected chi connectivity index (χ3v) is 2.29. The highest BCUT2D eigenvalue weighted by Gasteiger charge is 2.24. The van der Waals surface area contributed by atoms with E-state index in [-0.39, 0.29) is 11.9 Å². The highest BCUT2D eigenvalue weighted by Crippen LogP contribution is 2.07. The highest BCUT2D eigenvalue weighted by atomic mass is 16.2. The molecular formula is C9H15N3O. The lowest BCUT2D eigenvalue weighted by molar-refractivity contribution is -0.131. The molecule has 1 amide bonds. The Hall–Kier alpha value is -1.08. The maximum atomic E-state index is 11.6. The van der Waals surface area contributed by atoms with Gasteiger partial charge >= 0.3 is 0 Å². The molecule has 4 heteroatoms. The summed E-state index contributed by atoms with van der Waals surface area (Å²) < 4.78 is 0. The Kier molecular flexibility index (Phi) is 3.71. The third kappa shape index (κ3) is 2.71. The van der Waals surface area contributed by atoms with Crippen LogP contribution in [0.15, 0.2) is 0 Å². The largest absolute Gasteiger partial charge is 0.343 e. The van der Waals surface area contributed by atoms with Crippen molar-refractivity contribution in [3.63, 3.8) is 0 Å². The van der Waals surface area contributed by atoms with Crippen molar-refractivity contribution < 1.29 is 4.79 Å². The molecule has 4 nitrogen and oxygen atoms in total. The monoisotopic (exact) mass is 181 g/mol. The van der Waals surface area contributed by atoms with Gasteiger partial charge in [-0.2, -0.15) is 5.26 Å². The van der Waals surface area contributed by atoms with Crippen molar-refractivity contribution in [3.05, 3.63) is 0 Å². The fourth-order valence-corrected chi connectivity index (χ4v) is 1.49. The van der Waals surface area contributed by atoms with Crippen molar-refractivity contribution in [2.45, 2.75) is 25.3 Å². The number of carbonyl (C=O) groups excluding carboxylic acids is 1. The predicted octanol–water partition coefficient (Wildman–Crippen LogP) is 0.110. The molecule has 0 aromatic heterocycles. The first-order valence-corrected chi connectivity index (χ1v) is 4.61. The maximum Gasteiger partial charge on any atom is 0.239 e. The van der Waals surface area contributed by atoms with Gasteiger partial charge in [-0.1, -0.05) is 0 Å². The molecule has 0 aliphatic carbocycles. The number of nitrogens with zero attached hydrogens (tertiary/aromatic N) is 2. The van der Waals surface area contributed by atoms with Crippen LogP contribution in [0.25, 0.3) is 0 Å². The van der Waals surface area contributed by atoms with E-state index in [2.05, 4.69) is 5.32 Å². The van der Waals surface area contributed by atoms with Gasteiger partial charge in [0.25, 0.3) is 0 Å². The second-order valence-corrected chi connectivity index (χ2v) is 3.32. The molecule has 0 radical (unpaired) electrons. The van der Waals surface area contributed by atoms with E-state index < -0.39 is 0 Å². The normalized spacial score (nSPS) is 21.1. The number of rotatable bonds is 3. The molecule has 0 aromatic rings. The molecule has 1 saturated heterocycles.